The van der Waals surface area contributed by atoms with Crippen molar-refractivity contribution in [1.82, 2.24) is 0 Å². The van der Waals surface area contributed by atoms with Crippen molar-refractivity contribution in [3.8, 4) is 6.07 Å². The Kier molecular flexibility index (Phi) is 5.03. The summed E-state index contributed by atoms with van der Waals surface area (Å²) in [7, 11) is 0. The number of ketones is 1. The van der Waals surface area contributed by atoms with Gasteiger partial charge in [0.1, 0.15) is 6.07 Å². The molecule has 0 spiro atoms. The van der Waals surface area contributed by atoms with Gasteiger partial charge in [-0.25, -0.2) is 0 Å². The largest absolute Gasteiger partial charge is 0.294 e. The van der Waals surface area contributed by atoms with Crippen LogP contribution in [0.4, 0.5) is 0 Å². The molecule has 1 rings (SSSR count). The first-order chi connectivity index (χ1) is 5.74. The molecule has 1 aliphatic rings. The van der Waals surface area contributed by atoms with Crippen molar-refractivity contribution >= 4 is 5.78 Å². The number of carbonyl (C=O) groups is 1. The van der Waals surface area contributed by atoms with Gasteiger partial charge in [0, 0.05) is 0 Å². The minimum Gasteiger partial charge on any atom is -0.294 e. The molecular formula is C10H15NO. The summed E-state index contributed by atoms with van der Waals surface area (Å²) < 4.78 is 0. The van der Waals surface area contributed by atoms with Crippen LogP contribution in [0.3, 0.4) is 0 Å². The molecule has 0 aromatic carbocycles. The van der Waals surface area contributed by atoms with Gasteiger partial charge in [0.05, 0.1) is 5.57 Å². The second-order valence-electron chi connectivity index (χ2n) is 2.59. The fourth-order valence-electron chi connectivity index (χ4n) is 0.732. The predicted octanol–water partition coefficient (Wildman–Crippen LogP) is 2.46. The van der Waals surface area contributed by atoms with E-state index in [1.165, 1.54) is 6.92 Å². The number of nitrogens with zero attached hydrogens (tertiary/aromatic N) is 1. The molecule has 0 amide bonds. The smallest absolute Gasteiger partial charge is 0.169 e. The molecule has 0 aliphatic heterocycles. The quantitative estimate of drug-likeness (QED) is 0.466. The molecule has 0 aromatic rings. The third kappa shape index (κ3) is 3.92. The molecule has 2 nitrogen and oxygen atoms in total. The van der Waals surface area contributed by atoms with Gasteiger partial charge in [-0.1, -0.05) is 19.9 Å². The molecule has 2 heteroatoms. The maximum atomic E-state index is 10.6. The summed E-state index contributed by atoms with van der Waals surface area (Å²) in [6, 6.07) is 1.88. The summed E-state index contributed by atoms with van der Waals surface area (Å²) in [4.78, 5) is 10.6. The van der Waals surface area contributed by atoms with E-state index in [1.807, 2.05) is 19.9 Å². The van der Waals surface area contributed by atoms with Gasteiger partial charge in [-0.3, -0.25) is 4.79 Å². The van der Waals surface area contributed by atoms with Crippen LogP contribution in [0.15, 0.2) is 11.6 Å². The van der Waals surface area contributed by atoms with Gasteiger partial charge in [-0.2, -0.15) is 5.26 Å². The Labute approximate surface area is 73.9 Å². The summed E-state index contributed by atoms with van der Waals surface area (Å²) >= 11 is 0. The normalized spacial score (nSPS) is 15.7. The second kappa shape index (κ2) is 5.54. The molecule has 0 unspecified atom stereocenters. The SMILES string of the molecule is CC.CC(=O)/C(C#N)=C/C1CC1. The van der Waals surface area contributed by atoms with Crippen molar-refractivity contribution in [3.05, 3.63) is 11.6 Å². The fourth-order valence-corrected chi connectivity index (χ4v) is 0.732. The van der Waals surface area contributed by atoms with Crippen LogP contribution in [0.2, 0.25) is 0 Å². The highest BCUT2D eigenvalue weighted by molar-refractivity contribution is 5.97. The first kappa shape index (κ1) is 10.9. The van der Waals surface area contributed by atoms with Crippen molar-refractivity contribution in [2.45, 2.75) is 33.6 Å². The number of hydrogen-bond acceptors (Lipinski definition) is 2. The number of Topliss-reactive ketones (excluding diaryl/α,β-unsaturated/α-hetero) is 1. The van der Waals surface area contributed by atoms with Crippen LogP contribution in [0.25, 0.3) is 0 Å². The number of rotatable bonds is 2. The monoisotopic (exact) mass is 165 g/mol. The van der Waals surface area contributed by atoms with E-state index in [1.54, 1.807) is 6.08 Å². The van der Waals surface area contributed by atoms with Gasteiger partial charge in [0.25, 0.3) is 0 Å². The third-order valence-electron chi connectivity index (χ3n) is 1.52. The topological polar surface area (TPSA) is 40.9 Å². The first-order valence-corrected chi connectivity index (χ1v) is 4.37. The molecule has 1 fully saturated rings. The molecule has 0 bridgehead atoms. The summed E-state index contributed by atoms with van der Waals surface area (Å²) in [5, 5.41) is 8.43. The Morgan fingerprint density at radius 1 is 1.50 bits per heavy atom. The highest BCUT2D eigenvalue weighted by Crippen LogP contribution is 2.31. The number of hydrogen-bond donors (Lipinski definition) is 0. The molecule has 0 saturated heterocycles. The fraction of sp³-hybridized carbons (Fsp3) is 0.600. The zero-order chi connectivity index (χ0) is 9.56. The zero-order valence-corrected chi connectivity index (χ0v) is 7.92. The lowest BCUT2D eigenvalue weighted by Gasteiger charge is -1.86. The minimum absolute atomic E-state index is 0.116. The minimum atomic E-state index is -0.116. The summed E-state index contributed by atoms with van der Waals surface area (Å²) in [5.74, 6) is 0.396. The van der Waals surface area contributed by atoms with E-state index in [2.05, 4.69) is 0 Å². The Hall–Kier alpha value is -1.10. The second-order valence-corrected chi connectivity index (χ2v) is 2.59. The molecule has 0 heterocycles. The van der Waals surface area contributed by atoms with Crippen LogP contribution >= 0.6 is 0 Å². The molecular weight excluding hydrogens is 150 g/mol. The first-order valence-electron chi connectivity index (χ1n) is 4.37. The lowest BCUT2D eigenvalue weighted by molar-refractivity contribution is -0.113. The summed E-state index contributed by atoms with van der Waals surface area (Å²) in [6.07, 6.45) is 4.05. The Morgan fingerprint density at radius 2 is 2.00 bits per heavy atom. The molecule has 0 radical (unpaired) electrons. The number of nitriles is 1. The lowest BCUT2D eigenvalue weighted by atomic mass is 10.1. The molecule has 1 aliphatic carbocycles. The van der Waals surface area contributed by atoms with Crippen molar-refractivity contribution < 1.29 is 4.79 Å². The van der Waals surface area contributed by atoms with Crippen LogP contribution < -0.4 is 0 Å². The Balaban J connectivity index is 0.000000561. The van der Waals surface area contributed by atoms with Gasteiger partial charge in [0.15, 0.2) is 5.78 Å². The van der Waals surface area contributed by atoms with Crippen molar-refractivity contribution in [2.24, 2.45) is 5.92 Å². The highest BCUT2D eigenvalue weighted by Gasteiger charge is 2.20. The van der Waals surface area contributed by atoms with E-state index in [9.17, 15) is 4.79 Å². The van der Waals surface area contributed by atoms with Gasteiger partial charge in [0.2, 0.25) is 0 Å². The maximum absolute atomic E-state index is 10.6. The van der Waals surface area contributed by atoms with E-state index >= 15 is 0 Å². The van der Waals surface area contributed by atoms with E-state index in [4.69, 9.17) is 5.26 Å². The average Bonchev–Trinajstić information content (AvgIpc) is 2.87. The standard InChI is InChI=1S/C8H9NO.C2H6/c1-6(10)8(5-9)4-7-2-3-7;1-2/h4,7H,2-3H2,1H3;1-2H3/b8-4+;. The summed E-state index contributed by atoms with van der Waals surface area (Å²) in [5.41, 5.74) is 0.322. The maximum Gasteiger partial charge on any atom is 0.169 e. The molecule has 66 valence electrons. The van der Waals surface area contributed by atoms with Crippen molar-refractivity contribution in [1.29, 1.82) is 5.26 Å². The lowest BCUT2D eigenvalue weighted by Crippen LogP contribution is -1.93. The van der Waals surface area contributed by atoms with Gasteiger partial charge in [-0.05, 0) is 25.7 Å². The number of carbonyl (C=O) groups excluding carboxylic acids is 1. The molecule has 0 aromatic heterocycles. The van der Waals surface area contributed by atoms with Crippen molar-refractivity contribution in [3.63, 3.8) is 0 Å². The van der Waals surface area contributed by atoms with E-state index in [0.717, 1.165) is 12.8 Å². The molecule has 0 atom stereocenters. The predicted molar refractivity (Wildman–Crippen MR) is 48.4 cm³/mol. The van der Waals surface area contributed by atoms with Gasteiger partial charge < -0.3 is 0 Å². The number of allylic oxidation sites excluding steroid dienone is 2. The van der Waals surface area contributed by atoms with Crippen molar-refractivity contribution in [2.75, 3.05) is 0 Å². The zero-order valence-electron chi connectivity index (χ0n) is 7.92. The Bertz CT molecular complexity index is 218. The van der Waals surface area contributed by atoms with Crippen LogP contribution in [-0.2, 0) is 4.79 Å². The van der Waals surface area contributed by atoms with E-state index in [0.29, 0.717) is 11.5 Å². The van der Waals surface area contributed by atoms with Crippen LogP contribution in [0.1, 0.15) is 33.6 Å². The summed E-state index contributed by atoms with van der Waals surface area (Å²) in [6.45, 7) is 5.43. The molecule has 0 N–H and O–H groups in total. The molecule has 12 heavy (non-hydrogen) atoms. The van der Waals surface area contributed by atoms with Gasteiger partial charge in [-0.15, -0.1) is 0 Å². The van der Waals surface area contributed by atoms with Gasteiger partial charge >= 0.3 is 0 Å². The van der Waals surface area contributed by atoms with E-state index < -0.39 is 0 Å². The van der Waals surface area contributed by atoms with E-state index in [-0.39, 0.29) is 5.78 Å². The van der Waals surface area contributed by atoms with Crippen LogP contribution in [0, 0.1) is 17.2 Å². The Morgan fingerprint density at radius 3 is 2.25 bits per heavy atom. The molecule has 1 saturated carbocycles. The van der Waals surface area contributed by atoms with Crippen LogP contribution in [0.5, 0.6) is 0 Å². The third-order valence-corrected chi connectivity index (χ3v) is 1.52. The average molecular weight is 165 g/mol. The highest BCUT2D eigenvalue weighted by atomic mass is 16.1. The van der Waals surface area contributed by atoms with Crippen LogP contribution in [-0.4, -0.2) is 5.78 Å².